The summed E-state index contributed by atoms with van der Waals surface area (Å²) in [6.45, 7) is 11.1. The molecular weight excluding hydrogens is 306 g/mol. The molecule has 134 valence electrons. The van der Waals surface area contributed by atoms with Crippen LogP contribution in [0.25, 0.3) is 0 Å². The summed E-state index contributed by atoms with van der Waals surface area (Å²) in [5, 5.41) is 0. The summed E-state index contributed by atoms with van der Waals surface area (Å²) in [5.74, 6) is 0.664. The van der Waals surface area contributed by atoms with E-state index in [0.29, 0.717) is 5.92 Å². The maximum Gasteiger partial charge on any atom is 0.186 e. The van der Waals surface area contributed by atoms with E-state index in [1.807, 2.05) is 0 Å². The Kier molecular flexibility index (Phi) is 5.89. The van der Waals surface area contributed by atoms with Crippen LogP contribution in [0.2, 0.25) is 0 Å². The van der Waals surface area contributed by atoms with Crippen molar-refractivity contribution in [3.8, 4) is 0 Å². The lowest BCUT2D eigenvalue weighted by Gasteiger charge is -2.21. The highest BCUT2D eigenvalue weighted by molar-refractivity contribution is 5.76. The third kappa shape index (κ3) is 4.85. The zero-order chi connectivity index (χ0) is 18.6. The molecule has 2 aromatic carbocycles. The van der Waals surface area contributed by atoms with Crippen LogP contribution in [0.3, 0.4) is 0 Å². The van der Waals surface area contributed by atoms with Crippen molar-refractivity contribution in [2.24, 2.45) is 16.5 Å². The third-order valence-corrected chi connectivity index (χ3v) is 4.80. The van der Waals surface area contributed by atoms with E-state index >= 15 is 0 Å². The molecule has 4 N–H and O–H groups in total. The van der Waals surface area contributed by atoms with E-state index in [1.165, 1.54) is 11.1 Å². The molecule has 3 heteroatoms. The smallest absolute Gasteiger partial charge is 0.186 e. The Morgan fingerprint density at radius 3 is 1.72 bits per heavy atom. The Bertz CT molecular complexity index is 702. The predicted molar refractivity (Wildman–Crippen MR) is 108 cm³/mol. The van der Waals surface area contributed by atoms with Crippen LogP contribution in [0.4, 0.5) is 0 Å². The first-order valence-electron chi connectivity index (χ1n) is 9.01. The van der Waals surface area contributed by atoms with Crippen molar-refractivity contribution in [1.82, 2.24) is 0 Å². The highest BCUT2D eigenvalue weighted by Gasteiger charge is 2.17. The number of nitrogens with zero attached hydrogens (tertiary/aromatic N) is 1. The Morgan fingerprint density at radius 2 is 1.32 bits per heavy atom. The van der Waals surface area contributed by atoms with E-state index < -0.39 is 0 Å². The standard InChI is InChI=1S/C22H31N3/c1-6-15(2)16-7-9-17(10-8-16)20(25-21(23)24)18-11-13-19(14-12-18)22(3,4)5/h7-15,20H,6H2,1-5H3,(H4,23,24,25). The van der Waals surface area contributed by atoms with E-state index in [4.69, 9.17) is 11.5 Å². The van der Waals surface area contributed by atoms with Gasteiger partial charge in [0.15, 0.2) is 5.96 Å². The highest BCUT2D eigenvalue weighted by atomic mass is 15.0. The molecule has 0 saturated heterocycles. The molecular formula is C22H31N3. The van der Waals surface area contributed by atoms with Crippen molar-refractivity contribution < 1.29 is 0 Å². The first kappa shape index (κ1) is 19.0. The molecule has 0 radical (unpaired) electrons. The van der Waals surface area contributed by atoms with Gasteiger partial charge in [0.25, 0.3) is 0 Å². The summed E-state index contributed by atoms with van der Waals surface area (Å²) in [7, 11) is 0. The van der Waals surface area contributed by atoms with Gasteiger partial charge in [-0.05, 0) is 40.0 Å². The second kappa shape index (κ2) is 7.73. The molecule has 0 amide bonds. The lowest BCUT2D eigenvalue weighted by Crippen LogP contribution is -2.24. The van der Waals surface area contributed by atoms with Gasteiger partial charge in [-0.15, -0.1) is 0 Å². The van der Waals surface area contributed by atoms with Crippen LogP contribution in [0, 0.1) is 0 Å². The number of hydrogen-bond donors (Lipinski definition) is 2. The van der Waals surface area contributed by atoms with E-state index in [9.17, 15) is 0 Å². The molecule has 2 aromatic rings. The summed E-state index contributed by atoms with van der Waals surface area (Å²) in [6, 6.07) is 17.0. The molecule has 0 heterocycles. The van der Waals surface area contributed by atoms with Gasteiger partial charge in [-0.25, -0.2) is 4.99 Å². The van der Waals surface area contributed by atoms with Gasteiger partial charge in [0.1, 0.15) is 6.04 Å². The van der Waals surface area contributed by atoms with Crippen molar-refractivity contribution in [2.45, 2.75) is 58.4 Å². The minimum atomic E-state index is -0.176. The number of aliphatic imine (C=N–C) groups is 1. The number of benzene rings is 2. The van der Waals surface area contributed by atoms with Crippen molar-refractivity contribution in [3.05, 3.63) is 70.8 Å². The van der Waals surface area contributed by atoms with Gasteiger partial charge in [0.05, 0.1) is 0 Å². The van der Waals surface area contributed by atoms with E-state index in [-0.39, 0.29) is 17.4 Å². The number of guanidine groups is 1. The summed E-state index contributed by atoms with van der Waals surface area (Å²) in [5.41, 5.74) is 16.4. The summed E-state index contributed by atoms with van der Waals surface area (Å²) in [4.78, 5) is 4.48. The Morgan fingerprint density at radius 1 is 0.880 bits per heavy atom. The van der Waals surface area contributed by atoms with Gasteiger partial charge in [-0.2, -0.15) is 0 Å². The molecule has 0 aromatic heterocycles. The van der Waals surface area contributed by atoms with Gasteiger partial charge in [-0.1, -0.05) is 83.1 Å². The van der Waals surface area contributed by atoms with Gasteiger partial charge in [0, 0.05) is 0 Å². The molecule has 2 rings (SSSR count). The van der Waals surface area contributed by atoms with Crippen LogP contribution < -0.4 is 11.5 Å². The fourth-order valence-corrected chi connectivity index (χ4v) is 2.90. The molecule has 0 saturated carbocycles. The Labute approximate surface area is 152 Å². The molecule has 0 aliphatic rings. The molecule has 2 atom stereocenters. The van der Waals surface area contributed by atoms with Gasteiger partial charge < -0.3 is 11.5 Å². The fraction of sp³-hybridized carbons (Fsp3) is 0.409. The van der Waals surface area contributed by atoms with Crippen LogP contribution >= 0.6 is 0 Å². The summed E-state index contributed by atoms with van der Waals surface area (Å²) in [6.07, 6.45) is 1.13. The predicted octanol–water partition coefficient (Wildman–Crippen LogP) is 4.86. The van der Waals surface area contributed by atoms with E-state index in [2.05, 4.69) is 88.1 Å². The normalized spacial score (nSPS) is 14.0. The van der Waals surface area contributed by atoms with Crippen LogP contribution in [0.15, 0.2) is 53.5 Å². The van der Waals surface area contributed by atoms with Crippen molar-refractivity contribution in [3.63, 3.8) is 0 Å². The quantitative estimate of drug-likeness (QED) is 0.604. The zero-order valence-electron chi connectivity index (χ0n) is 16.1. The molecule has 3 nitrogen and oxygen atoms in total. The largest absolute Gasteiger partial charge is 0.370 e. The van der Waals surface area contributed by atoms with Crippen molar-refractivity contribution in [1.29, 1.82) is 0 Å². The molecule has 0 fully saturated rings. The maximum atomic E-state index is 5.69. The average molecular weight is 338 g/mol. The third-order valence-electron chi connectivity index (χ3n) is 4.80. The van der Waals surface area contributed by atoms with Crippen LogP contribution in [-0.2, 0) is 5.41 Å². The second-order valence-electron chi connectivity index (χ2n) is 7.80. The average Bonchev–Trinajstić information content (AvgIpc) is 2.58. The monoisotopic (exact) mass is 337 g/mol. The lowest BCUT2D eigenvalue weighted by molar-refractivity contribution is 0.589. The number of nitrogens with two attached hydrogens (primary N) is 2. The maximum absolute atomic E-state index is 5.69. The summed E-state index contributed by atoms with van der Waals surface area (Å²) >= 11 is 0. The first-order valence-corrected chi connectivity index (χ1v) is 9.01. The minimum Gasteiger partial charge on any atom is -0.370 e. The Hall–Kier alpha value is -2.29. The van der Waals surface area contributed by atoms with Crippen molar-refractivity contribution >= 4 is 5.96 Å². The van der Waals surface area contributed by atoms with Gasteiger partial charge >= 0.3 is 0 Å². The second-order valence-corrected chi connectivity index (χ2v) is 7.80. The van der Waals surface area contributed by atoms with E-state index in [0.717, 1.165) is 17.5 Å². The molecule has 2 unspecified atom stereocenters. The molecule has 0 spiro atoms. The lowest BCUT2D eigenvalue weighted by atomic mass is 9.85. The molecule has 0 aliphatic heterocycles. The highest BCUT2D eigenvalue weighted by Crippen LogP contribution is 2.30. The zero-order valence-corrected chi connectivity index (χ0v) is 16.1. The molecule has 0 bridgehead atoms. The van der Waals surface area contributed by atoms with Gasteiger partial charge in [-0.3, -0.25) is 0 Å². The minimum absolute atomic E-state index is 0.107. The fourth-order valence-electron chi connectivity index (χ4n) is 2.90. The van der Waals surface area contributed by atoms with Crippen molar-refractivity contribution in [2.75, 3.05) is 0 Å². The number of hydrogen-bond acceptors (Lipinski definition) is 1. The van der Waals surface area contributed by atoms with E-state index in [1.54, 1.807) is 0 Å². The summed E-state index contributed by atoms with van der Waals surface area (Å²) < 4.78 is 0. The molecule has 25 heavy (non-hydrogen) atoms. The number of rotatable bonds is 5. The van der Waals surface area contributed by atoms with Crippen LogP contribution in [0.5, 0.6) is 0 Å². The van der Waals surface area contributed by atoms with Crippen LogP contribution in [-0.4, -0.2) is 5.96 Å². The first-order chi connectivity index (χ1) is 11.7. The van der Waals surface area contributed by atoms with Crippen LogP contribution in [0.1, 0.15) is 75.3 Å². The topological polar surface area (TPSA) is 64.4 Å². The SMILES string of the molecule is CCC(C)c1ccc(C(N=C(N)N)c2ccc(C(C)(C)C)cc2)cc1. The Balaban J connectivity index is 2.38. The van der Waals surface area contributed by atoms with Gasteiger partial charge in [0.2, 0.25) is 0 Å². The molecule has 0 aliphatic carbocycles.